The topological polar surface area (TPSA) is 64.6 Å². The molecule has 0 unspecified atom stereocenters. The zero-order valence-corrected chi connectivity index (χ0v) is 15.2. The van der Waals surface area contributed by atoms with Crippen molar-refractivity contribution >= 4 is 28.2 Å². The summed E-state index contributed by atoms with van der Waals surface area (Å²) in [5, 5.41) is 3.39. The number of para-hydroxylation sites is 1. The Kier molecular flexibility index (Phi) is 5.38. The predicted molar refractivity (Wildman–Crippen MR) is 97.6 cm³/mol. The summed E-state index contributed by atoms with van der Waals surface area (Å²) in [5.74, 6) is -0.00200. The Labute approximate surface area is 151 Å². The number of fused-ring (bicyclic) bond motifs is 1. The first-order chi connectivity index (χ1) is 12.1. The number of nitrogens with one attached hydrogen (secondary N) is 1. The van der Waals surface area contributed by atoms with Crippen LogP contribution in [-0.4, -0.2) is 25.6 Å². The zero-order chi connectivity index (χ0) is 17.8. The molecule has 6 heteroatoms. The van der Waals surface area contributed by atoms with Gasteiger partial charge >= 0.3 is 5.97 Å². The molecule has 1 amide bonds. The normalized spacial score (nSPS) is 13.0. The van der Waals surface area contributed by atoms with Crippen molar-refractivity contribution in [3.8, 4) is 5.75 Å². The van der Waals surface area contributed by atoms with Crippen LogP contribution < -0.4 is 10.1 Å². The van der Waals surface area contributed by atoms with Gasteiger partial charge in [-0.2, -0.15) is 0 Å². The van der Waals surface area contributed by atoms with Gasteiger partial charge in [-0.1, -0.05) is 18.2 Å². The maximum atomic E-state index is 12.3. The Morgan fingerprint density at radius 3 is 2.72 bits per heavy atom. The van der Waals surface area contributed by atoms with Crippen LogP contribution in [0.25, 0.3) is 0 Å². The van der Waals surface area contributed by atoms with Crippen LogP contribution in [0.2, 0.25) is 0 Å². The van der Waals surface area contributed by atoms with Gasteiger partial charge in [0.2, 0.25) is 0 Å². The van der Waals surface area contributed by atoms with Crippen LogP contribution in [0.15, 0.2) is 24.3 Å². The van der Waals surface area contributed by atoms with E-state index in [1.807, 2.05) is 31.2 Å². The first-order valence-corrected chi connectivity index (χ1v) is 9.13. The number of carbonyl (C=O) groups excluding carboxylic acids is 2. The van der Waals surface area contributed by atoms with Crippen LogP contribution in [0, 0.1) is 6.92 Å². The number of carbonyl (C=O) groups is 2. The molecular formula is C19H21NO4S. The number of aryl methyl sites for hydroxylation is 2. The molecule has 1 aliphatic carbocycles. The SMILES string of the molecule is COC(=O)c1c(NC(=O)COc2ccccc2C)sc2c1CCCC2. The Bertz CT molecular complexity index is 797. The van der Waals surface area contributed by atoms with Crippen molar-refractivity contribution in [1.29, 1.82) is 0 Å². The van der Waals surface area contributed by atoms with E-state index in [2.05, 4.69) is 5.32 Å². The quantitative estimate of drug-likeness (QED) is 0.826. The van der Waals surface area contributed by atoms with Gasteiger partial charge in [-0.3, -0.25) is 4.79 Å². The molecular weight excluding hydrogens is 338 g/mol. The number of rotatable bonds is 5. The summed E-state index contributed by atoms with van der Waals surface area (Å²) in [7, 11) is 1.36. The van der Waals surface area contributed by atoms with E-state index in [0.717, 1.165) is 36.8 Å². The summed E-state index contributed by atoms with van der Waals surface area (Å²) in [5.41, 5.74) is 2.50. The first-order valence-electron chi connectivity index (χ1n) is 8.31. The van der Waals surface area contributed by atoms with Gasteiger partial charge in [0.05, 0.1) is 12.7 Å². The molecule has 25 heavy (non-hydrogen) atoms. The molecule has 0 atom stereocenters. The maximum Gasteiger partial charge on any atom is 0.341 e. The minimum atomic E-state index is -0.394. The fourth-order valence-electron chi connectivity index (χ4n) is 3.00. The number of benzene rings is 1. The number of amides is 1. The predicted octanol–water partition coefficient (Wildman–Crippen LogP) is 3.74. The summed E-state index contributed by atoms with van der Waals surface area (Å²) in [6.07, 6.45) is 3.96. The molecule has 1 aliphatic rings. The van der Waals surface area contributed by atoms with Crippen molar-refractivity contribution < 1.29 is 19.1 Å². The number of methoxy groups -OCH3 is 1. The highest BCUT2D eigenvalue weighted by molar-refractivity contribution is 7.17. The van der Waals surface area contributed by atoms with Gasteiger partial charge in [0.1, 0.15) is 10.8 Å². The number of hydrogen-bond donors (Lipinski definition) is 1. The third-order valence-electron chi connectivity index (χ3n) is 4.27. The fourth-order valence-corrected chi connectivity index (χ4v) is 4.29. The van der Waals surface area contributed by atoms with Gasteiger partial charge in [0, 0.05) is 4.88 Å². The molecule has 0 radical (unpaired) electrons. The summed E-state index contributed by atoms with van der Waals surface area (Å²) < 4.78 is 10.5. The van der Waals surface area contributed by atoms with E-state index in [1.54, 1.807) is 0 Å². The van der Waals surface area contributed by atoms with Crippen molar-refractivity contribution in [2.45, 2.75) is 32.6 Å². The zero-order valence-electron chi connectivity index (χ0n) is 14.4. The van der Waals surface area contributed by atoms with Crippen LogP contribution in [0.4, 0.5) is 5.00 Å². The molecule has 132 valence electrons. The van der Waals surface area contributed by atoms with E-state index < -0.39 is 5.97 Å². The van der Waals surface area contributed by atoms with Crippen molar-refractivity contribution in [1.82, 2.24) is 0 Å². The highest BCUT2D eigenvalue weighted by Crippen LogP contribution is 2.38. The molecule has 1 aromatic carbocycles. The molecule has 0 saturated carbocycles. The van der Waals surface area contributed by atoms with Crippen molar-refractivity contribution in [2.75, 3.05) is 19.0 Å². The average Bonchev–Trinajstić information content (AvgIpc) is 2.98. The Balaban J connectivity index is 1.73. The average molecular weight is 359 g/mol. The number of thiophene rings is 1. The lowest BCUT2D eigenvalue weighted by Gasteiger charge is -2.12. The lowest BCUT2D eigenvalue weighted by molar-refractivity contribution is -0.118. The Morgan fingerprint density at radius 1 is 1.20 bits per heavy atom. The third kappa shape index (κ3) is 3.85. The third-order valence-corrected chi connectivity index (χ3v) is 5.47. The maximum absolute atomic E-state index is 12.3. The van der Waals surface area contributed by atoms with Crippen molar-refractivity contribution in [3.63, 3.8) is 0 Å². The van der Waals surface area contributed by atoms with E-state index in [-0.39, 0.29) is 12.5 Å². The molecule has 1 heterocycles. The Morgan fingerprint density at radius 2 is 1.96 bits per heavy atom. The van der Waals surface area contributed by atoms with E-state index in [9.17, 15) is 9.59 Å². The van der Waals surface area contributed by atoms with Gasteiger partial charge in [0.15, 0.2) is 6.61 Å². The molecule has 0 aliphatic heterocycles. The number of anilines is 1. The van der Waals surface area contributed by atoms with E-state index in [0.29, 0.717) is 16.3 Å². The summed E-state index contributed by atoms with van der Waals surface area (Å²) in [6.45, 7) is 1.82. The standard InChI is InChI=1S/C19H21NO4S/c1-12-7-3-5-9-14(12)24-11-16(21)20-18-17(19(22)23-2)13-8-4-6-10-15(13)25-18/h3,5,7,9H,4,6,8,10-11H2,1-2H3,(H,20,21). The lowest BCUT2D eigenvalue weighted by atomic mass is 9.95. The molecule has 5 nitrogen and oxygen atoms in total. The highest BCUT2D eigenvalue weighted by Gasteiger charge is 2.26. The van der Waals surface area contributed by atoms with Crippen LogP contribution in [0.5, 0.6) is 5.75 Å². The molecule has 0 bridgehead atoms. The van der Waals surface area contributed by atoms with Gasteiger partial charge in [-0.15, -0.1) is 11.3 Å². The van der Waals surface area contributed by atoms with E-state index in [1.165, 1.54) is 23.3 Å². The summed E-state index contributed by atoms with van der Waals surface area (Å²) >= 11 is 1.47. The molecule has 1 N–H and O–H groups in total. The van der Waals surface area contributed by atoms with Gasteiger partial charge < -0.3 is 14.8 Å². The second kappa shape index (κ2) is 7.70. The summed E-state index contributed by atoms with van der Waals surface area (Å²) in [6, 6.07) is 7.53. The monoisotopic (exact) mass is 359 g/mol. The van der Waals surface area contributed by atoms with E-state index >= 15 is 0 Å². The van der Waals surface area contributed by atoms with Gasteiger partial charge in [0.25, 0.3) is 5.91 Å². The Hall–Kier alpha value is -2.34. The summed E-state index contributed by atoms with van der Waals surface area (Å²) in [4.78, 5) is 25.6. The van der Waals surface area contributed by atoms with Gasteiger partial charge in [-0.25, -0.2) is 4.79 Å². The number of hydrogen-bond acceptors (Lipinski definition) is 5. The lowest BCUT2D eigenvalue weighted by Crippen LogP contribution is -2.21. The van der Waals surface area contributed by atoms with Crippen LogP contribution >= 0.6 is 11.3 Å². The van der Waals surface area contributed by atoms with Crippen LogP contribution in [0.1, 0.15) is 39.2 Å². The second-order valence-electron chi connectivity index (χ2n) is 6.01. The van der Waals surface area contributed by atoms with Crippen molar-refractivity contribution in [2.24, 2.45) is 0 Å². The van der Waals surface area contributed by atoms with Crippen LogP contribution in [-0.2, 0) is 22.4 Å². The molecule has 0 fully saturated rings. The van der Waals surface area contributed by atoms with Crippen LogP contribution in [0.3, 0.4) is 0 Å². The molecule has 1 aromatic heterocycles. The molecule has 0 saturated heterocycles. The van der Waals surface area contributed by atoms with Gasteiger partial charge in [-0.05, 0) is 49.8 Å². The minimum Gasteiger partial charge on any atom is -0.483 e. The largest absolute Gasteiger partial charge is 0.483 e. The fraction of sp³-hybridized carbons (Fsp3) is 0.368. The molecule has 2 aromatic rings. The van der Waals surface area contributed by atoms with Crippen molar-refractivity contribution in [3.05, 3.63) is 45.8 Å². The number of esters is 1. The van der Waals surface area contributed by atoms with E-state index in [4.69, 9.17) is 9.47 Å². The molecule has 0 spiro atoms. The number of ether oxygens (including phenoxy) is 2. The second-order valence-corrected chi connectivity index (χ2v) is 7.11. The minimum absolute atomic E-state index is 0.103. The highest BCUT2D eigenvalue weighted by atomic mass is 32.1. The molecule has 3 rings (SSSR count). The smallest absolute Gasteiger partial charge is 0.341 e. The first kappa shape index (κ1) is 17.5.